The van der Waals surface area contributed by atoms with Crippen LogP contribution >= 0.6 is 0 Å². The van der Waals surface area contributed by atoms with Gasteiger partial charge in [-0.3, -0.25) is 9.69 Å². The van der Waals surface area contributed by atoms with Gasteiger partial charge in [-0.1, -0.05) is 26.8 Å². The minimum atomic E-state index is -3.44. The van der Waals surface area contributed by atoms with Crippen LogP contribution in [0.25, 0.3) is 10.9 Å². The molecule has 6 rings (SSSR count). The third-order valence-electron chi connectivity index (χ3n) is 7.03. The zero-order valence-electron chi connectivity index (χ0n) is 34.7. The summed E-state index contributed by atoms with van der Waals surface area (Å²) >= 11 is 0. The van der Waals surface area contributed by atoms with Crippen molar-refractivity contribution in [1.29, 1.82) is 5.26 Å². The number of nitrogens with one attached hydrogen (secondary N) is 1. The van der Waals surface area contributed by atoms with Crippen molar-refractivity contribution in [2.45, 2.75) is 51.4 Å². The van der Waals surface area contributed by atoms with E-state index in [0.717, 1.165) is 0 Å². The molecule has 6 nitrogen and oxygen atoms in total. The van der Waals surface area contributed by atoms with Crippen LogP contribution in [-0.2, 0) is 16.5 Å². The van der Waals surface area contributed by atoms with Crippen molar-refractivity contribution in [3.05, 3.63) is 63.8 Å². The van der Waals surface area contributed by atoms with Crippen LogP contribution in [0.5, 0.6) is 0 Å². The largest absolute Gasteiger partial charge is 0.379 e. The number of nitriles is 1. The normalized spacial score (nSPS) is 35.2. The molecule has 186 valence electrons. The lowest BCUT2D eigenvalue weighted by atomic mass is 9.70. The fourth-order valence-corrected chi connectivity index (χ4v) is 5.12. The van der Waals surface area contributed by atoms with Gasteiger partial charge >= 0.3 is 0 Å². The molecule has 2 aromatic carbocycles. The molecule has 2 aliphatic heterocycles. The van der Waals surface area contributed by atoms with Crippen LogP contribution < -0.4 is 4.90 Å². The van der Waals surface area contributed by atoms with Gasteiger partial charge in [0.05, 0.1) is 35.8 Å². The zero-order valence-corrected chi connectivity index (χ0v) is 19.7. The van der Waals surface area contributed by atoms with Gasteiger partial charge in [-0.15, -0.1) is 0 Å². The molecule has 0 bridgehead atoms. The highest BCUT2D eigenvalue weighted by Gasteiger charge is 2.40. The van der Waals surface area contributed by atoms with Gasteiger partial charge in [0.1, 0.15) is 0 Å². The van der Waals surface area contributed by atoms with Crippen molar-refractivity contribution >= 4 is 22.4 Å². The smallest absolute Gasteiger partial charge is 0.195 e. The molecule has 2 saturated heterocycles. The van der Waals surface area contributed by atoms with Crippen molar-refractivity contribution in [2.24, 2.45) is 0 Å². The molecule has 3 aliphatic rings. The Balaban J connectivity index is 1.54. The lowest BCUT2D eigenvalue weighted by Crippen LogP contribution is -2.49. The first-order valence-electron chi connectivity index (χ1n) is 19.2. The second kappa shape index (κ2) is 8.76. The van der Waals surface area contributed by atoms with Crippen molar-refractivity contribution in [3.63, 3.8) is 0 Å². The summed E-state index contributed by atoms with van der Waals surface area (Å²) in [4.78, 5) is 18.2. The topological polar surface area (TPSA) is 72.4 Å². The van der Waals surface area contributed by atoms with Crippen LogP contribution in [0.2, 0.25) is 0 Å². The van der Waals surface area contributed by atoms with Gasteiger partial charge in [-0.05, 0) is 54.6 Å². The maximum Gasteiger partial charge on any atom is 0.195 e. The Labute approximate surface area is 233 Å². The molecule has 0 saturated carbocycles. The lowest BCUT2D eigenvalue weighted by molar-refractivity contribution is 0.0115. The number of carbonyl (C=O) groups is 1. The Morgan fingerprint density at radius 2 is 2.00 bits per heavy atom. The summed E-state index contributed by atoms with van der Waals surface area (Å²) in [5, 5.41) is 9.95. The molecule has 0 amide bonds. The van der Waals surface area contributed by atoms with Crippen LogP contribution in [-0.4, -0.2) is 60.8 Å². The average Bonchev–Trinajstić information content (AvgIpc) is 3.37. The van der Waals surface area contributed by atoms with Crippen molar-refractivity contribution < 1.29 is 30.1 Å². The monoisotopic (exact) mass is 497 g/mol. The van der Waals surface area contributed by atoms with Crippen molar-refractivity contribution in [1.82, 2.24) is 9.88 Å². The van der Waals surface area contributed by atoms with E-state index in [0.29, 0.717) is 27.1 Å². The fraction of sp³-hybridized carbons (Fsp3) is 0.467. The van der Waals surface area contributed by atoms with Gasteiger partial charge in [-0.25, -0.2) is 0 Å². The second-order valence-corrected chi connectivity index (χ2v) is 9.41. The minimum absolute atomic E-state index is 0.0454. The van der Waals surface area contributed by atoms with Crippen LogP contribution in [0.15, 0.2) is 30.3 Å². The maximum absolute atomic E-state index is 14.2. The number of benzene rings is 2. The number of ketones is 1. The predicted molar refractivity (Wildman–Crippen MR) is 142 cm³/mol. The number of rotatable bonds is 3. The molecule has 1 aromatic heterocycles. The van der Waals surface area contributed by atoms with E-state index in [9.17, 15) is 10.1 Å². The maximum atomic E-state index is 14.2. The Morgan fingerprint density at radius 3 is 2.72 bits per heavy atom. The average molecular weight is 498 g/mol. The van der Waals surface area contributed by atoms with Crippen molar-refractivity contribution in [3.8, 4) is 6.07 Å². The molecular weight excluding hydrogens is 448 g/mol. The zero-order chi connectivity index (χ0) is 38.3. The molecule has 3 aromatic rings. The molecule has 6 heteroatoms. The summed E-state index contributed by atoms with van der Waals surface area (Å²) in [5.74, 6) is -0.506. The van der Waals surface area contributed by atoms with E-state index in [4.69, 9.17) is 20.6 Å². The first kappa shape index (κ1) is 11.9. The summed E-state index contributed by atoms with van der Waals surface area (Å²) in [6.07, 6.45) is -4.34. The van der Waals surface area contributed by atoms with Gasteiger partial charge < -0.3 is 14.6 Å². The molecule has 3 heterocycles. The first-order chi connectivity index (χ1) is 23.1. The number of piperidine rings is 1. The summed E-state index contributed by atoms with van der Waals surface area (Å²) in [7, 11) is 0. The highest BCUT2D eigenvalue weighted by atomic mass is 16.5. The highest BCUT2D eigenvalue weighted by molar-refractivity contribution is 6.20. The van der Waals surface area contributed by atoms with E-state index in [1.54, 1.807) is 32.0 Å². The molecule has 1 N–H and O–H groups in total. The number of carbonyl (C=O) groups excluding carboxylic acids is 1. The summed E-state index contributed by atoms with van der Waals surface area (Å²) < 4.78 is 133. The molecule has 1 aliphatic carbocycles. The summed E-state index contributed by atoms with van der Waals surface area (Å²) in [6.45, 7) is -16.8. The number of hydrogen-bond donors (Lipinski definition) is 1. The molecule has 0 radical (unpaired) electrons. The molecule has 0 atom stereocenters. The highest BCUT2D eigenvalue weighted by Crippen LogP contribution is 2.46. The second-order valence-electron chi connectivity index (χ2n) is 9.41. The summed E-state index contributed by atoms with van der Waals surface area (Å²) in [6, 6.07) is 7.55. The van der Waals surface area contributed by atoms with E-state index in [1.807, 2.05) is 0 Å². The Hall–Kier alpha value is -3.14. The molecule has 2 fully saturated rings. The van der Waals surface area contributed by atoms with E-state index < -0.39 is 82.5 Å². The Kier molecular flexibility index (Phi) is 2.90. The van der Waals surface area contributed by atoms with Gasteiger partial charge in [0.15, 0.2) is 5.78 Å². The first-order valence-corrected chi connectivity index (χ1v) is 11.5. The number of hydrogen-bond acceptors (Lipinski definition) is 5. The molecular formula is C30H34N4O2. The van der Waals surface area contributed by atoms with Gasteiger partial charge in [-0.2, -0.15) is 5.26 Å². The number of aryl methyl sites for hydroxylation is 1. The third-order valence-corrected chi connectivity index (χ3v) is 7.03. The number of aromatic nitrogens is 1. The Morgan fingerprint density at radius 1 is 1.22 bits per heavy atom. The quantitative estimate of drug-likeness (QED) is 0.564. The minimum Gasteiger partial charge on any atom is -0.379 e. The summed E-state index contributed by atoms with van der Waals surface area (Å²) in [5.41, 5.74) is 0.148. The Bertz CT molecular complexity index is 1970. The number of morpholine rings is 1. The fourth-order valence-electron chi connectivity index (χ4n) is 5.12. The predicted octanol–water partition coefficient (Wildman–Crippen LogP) is 4.77. The van der Waals surface area contributed by atoms with Crippen LogP contribution in [0, 0.1) is 11.3 Å². The van der Waals surface area contributed by atoms with E-state index in [1.165, 1.54) is 12.1 Å². The molecule has 36 heavy (non-hydrogen) atoms. The lowest BCUT2D eigenvalue weighted by Gasteiger charge is -2.42. The number of fused-ring (bicyclic) bond motifs is 4. The SMILES string of the molecule is [2H]CC([2H])([2H])c1cc2c(cc1N1C([2H])([2H])CC(N3C([2H])([2H])C([2H])([2H])OC([2H])([2H])C3([2H])[2H])CC1([2H])[2H])C(C)(C)c1[nH]c3cc(C#N)ccc3c1C2=O. The molecule has 0 unspecified atom stereocenters. The van der Waals surface area contributed by atoms with Gasteiger partial charge in [0.2, 0.25) is 0 Å². The van der Waals surface area contributed by atoms with E-state index in [2.05, 4.69) is 15.8 Å². The standard InChI is InChI=1S/C30H34N4O2/c1-4-20-16-23-24(17-26(20)34-9-7-21(8-10-34)33-11-13-36-14-12-33)30(2,3)29-27(28(23)35)22-6-5-19(18-31)15-25(22)32-29/h5-6,15-17,21,32H,4,7-14H2,1-3H3/i1D,4D2,9D2,10D2,11D2,12D2,13D2,14D2. The van der Waals surface area contributed by atoms with Crippen molar-refractivity contribution in [2.75, 3.05) is 44.0 Å². The number of aromatic amines is 1. The van der Waals surface area contributed by atoms with Gasteiger partial charge in [0, 0.05) is 80.4 Å². The number of anilines is 1. The van der Waals surface area contributed by atoms with E-state index in [-0.39, 0.29) is 32.8 Å². The van der Waals surface area contributed by atoms with Crippen LogP contribution in [0.3, 0.4) is 0 Å². The molecule has 0 spiro atoms. The van der Waals surface area contributed by atoms with Crippen LogP contribution in [0.1, 0.15) is 92.5 Å². The number of nitrogens with zero attached hydrogens (tertiary/aromatic N) is 3. The van der Waals surface area contributed by atoms with E-state index >= 15 is 0 Å². The third kappa shape index (κ3) is 3.56. The number of H-pyrrole nitrogens is 1. The van der Waals surface area contributed by atoms with Crippen LogP contribution in [0.4, 0.5) is 5.69 Å². The van der Waals surface area contributed by atoms with Gasteiger partial charge in [0.25, 0.3) is 0 Å². The number of ether oxygens (including phenoxy) is 1.